The number of hydrogen-bond donors (Lipinski definition) is 1. The molecule has 0 saturated carbocycles. The third kappa shape index (κ3) is 3.73. The molecule has 3 rings (SSSR count). The van der Waals surface area contributed by atoms with E-state index in [4.69, 9.17) is 9.47 Å². The topological polar surface area (TPSA) is 70.9 Å². The van der Waals surface area contributed by atoms with E-state index in [1.54, 1.807) is 6.08 Å². The van der Waals surface area contributed by atoms with Crippen molar-refractivity contribution in [3.05, 3.63) is 52.3 Å². The fourth-order valence-electron chi connectivity index (χ4n) is 2.62. The molecule has 1 heterocycles. The molecule has 0 unspecified atom stereocenters. The van der Waals surface area contributed by atoms with E-state index in [-0.39, 0.29) is 0 Å². The summed E-state index contributed by atoms with van der Waals surface area (Å²) in [7, 11) is 0. The van der Waals surface area contributed by atoms with E-state index >= 15 is 0 Å². The van der Waals surface area contributed by atoms with E-state index in [9.17, 15) is 5.26 Å². The van der Waals surface area contributed by atoms with Gasteiger partial charge in [-0.25, -0.2) is 4.98 Å². The number of nitrogens with one attached hydrogen (secondary N) is 1. The van der Waals surface area contributed by atoms with Gasteiger partial charge >= 0.3 is 0 Å². The molecule has 0 atom stereocenters. The molecule has 1 N–H and O–H groups in total. The standard InChI is InChI=1S/C20H18BrN3O2/c1-3-25-18-11-13(10-15(21)19(18)26-4-2)9-14(12-22)20-23-16-7-5-6-8-17(16)24-20/h5-11H,3-4H2,1-2H3,(H,23,24)/b14-9-. The molecule has 26 heavy (non-hydrogen) atoms. The Bertz CT molecular complexity index is 969. The van der Waals surface area contributed by atoms with Crippen LogP contribution in [-0.2, 0) is 0 Å². The fraction of sp³-hybridized carbons (Fsp3) is 0.200. The zero-order valence-corrected chi connectivity index (χ0v) is 16.1. The molecular formula is C20H18BrN3O2. The van der Waals surface area contributed by atoms with Crippen molar-refractivity contribution in [2.24, 2.45) is 0 Å². The Morgan fingerprint density at radius 3 is 2.69 bits per heavy atom. The number of benzene rings is 2. The van der Waals surface area contributed by atoms with Gasteiger partial charge in [0.1, 0.15) is 11.9 Å². The van der Waals surface area contributed by atoms with E-state index in [1.165, 1.54) is 0 Å². The molecule has 0 bridgehead atoms. The first-order chi connectivity index (χ1) is 12.7. The maximum absolute atomic E-state index is 9.60. The average Bonchev–Trinajstić information content (AvgIpc) is 3.06. The average molecular weight is 412 g/mol. The molecule has 132 valence electrons. The van der Waals surface area contributed by atoms with Crippen LogP contribution in [0.2, 0.25) is 0 Å². The summed E-state index contributed by atoms with van der Waals surface area (Å²) in [5, 5.41) is 9.60. The molecule has 0 aliphatic heterocycles. The Morgan fingerprint density at radius 1 is 1.23 bits per heavy atom. The van der Waals surface area contributed by atoms with Crippen molar-refractivity contribution in [2.75, 3.05) is 13.2 Å². The zero-order valence-electron chi connectivity index (χ0n) is 14.5. The molecule has 0 amide bonds. The first-order valence-corrected chi connectivity index (χ1v) is 9.11. The van der Waals surface area contributed by atoms with Crippen LogP contribution in [0.5, 0.6) is 11.5 Å². The number of halogens is 1. The Hall–Kier alpha value is -2.78. The van der Waals surface area contributed by atoms with Crippen molar-refractivity contribution in [2.45, 2.75) is 13.8 Å². The highest BCUT2D eigenvalue weighted by molar-refractivity contribution is 9.10. The molecule has 0 fully saturated rings. The molecule has 5 nitrogen and oxygen atoms in total. The number of nitrogens with zero attached hydrogens (tertiary/aromatic N) is 2. The molecule has 0 saturated heterocycles. The van der Waals surface area contributed by atoms with Crippen molar-refractivity contribution in [1.82, 2.24) is 9.97 Å². The molecule has 6 heteroatoms. The molecule has 2 aromatic carbocycles. The third-order valence-corrected chi connectivity index (χ3v) is 4.29. The minimum Gasteiger partial charge on any atom is -0.490 e. The Labute approximate surface area is 160 Å². The van der Waals surface area contributed by atoms with Crippen LogP contribution < -0.4 is 9.47 Å². The molecule has 3 aromatic rings. The summed E-state index contributed by atoms with van der Waals surface area (Å²) >= 11 is 3.52. The number of nitriles is 1. The minimum absolute atomic E-state index is 0.444. The number of aromatic nitrogens is 2. The SMILES string of the molecule is CCOc1cc(/C=C(/C#N)c2nc3ccccc3[nH]2)cc(Br)c1OCC. The van der Waals surface area contributed by atoms with Gasteiger partial charge in [-0.05, 0) is 65.7 Å². The van der Waals surface area contributed by atoms with Gasteiger partial charge in [0.15, 0.2) is 11.5 Å². The Kier molecular flexibility index (Phi) is 5.59. The van der Waals surface area contributed by atoms with Gasteiger partial charge in [0.05, 0.1) is 34.3 Å². The predicted octanol–water partition coefficient (Wildman–Crippen LogP) is 5.19. The van der Waals surface area contributed by atoms with E-state index in [2.05, 4.69) is 32.0 Å². The van der Waals surface area contributed by atoms with Crippen LogP contribution in [0.15, 0.2) is 40.9 Å². The second kappa shape index (κ2) is 8.07. The van der Waals surface area contributed by atoms with Gasteiger partial charge in [-0.15, -0.1) is 0 Å². The third-order valence-electron chi connectivity index (χ3n) is 3.70. The predicted molar refractivity (Wildman–Crippen MR) is 106 cm³/mol. The molecule has 0 spiro atoms. The quantitative estimate of drug-likeness (QED) is 0.566. The number of H-pyrrole nitrogens is 1. The van der Waals surface area contributed by atoms with Crippen LogP contribution >= 0.6 is 15.9 Å². The minimum atomic E-state index is 0.444. The van der Waals surface area contributed by atoms with Crippen molar-refractivity contribution in [3.63, 3.8) is 0 Å². The first kappa shape index (κ1) is 18.0. The van der Waals surface area contributed by atoms with Gasteiger partial charge in [-0.1, -0.05) is 12.1 Å². The van der Waals surface area contributed by atoms with Gasteiger partial charge in [-0.3, -0.25) is 0 Å². The summed E-state index contributed by atoms with van der Waals surface area (Å²) in [5.41, 5.74) is 2.98. The Balaban J connectivity index is 2.05. The number of rotatable bonds is 6. The number of para-hydroxylation sites is 2. The molecule has 0 aliphatic carbocycles. The smallest absolute Gasteiger partial charge is 0.175 e. The van der Waals surface area contributed by atoms with Gasteiger partial charge in [0.2, 0.25) is 0 Å². The summed E-state index contributed by atoms with van der Waals surface area (Å²) in [5.74, 6) is 1.84. The summed E-state index contributed by atoms with van der Waals surface area (Å²) < 4.78 is 12.1. The maximum atomic E-state index is 9.60. The van der Waals surface area contributed by atoms with E-state index in [1.807, 2.05) is 50.2 Å². The van der Waals surface area contributed by atoms with Crippen molar-refractivity contribution < 1.29 is 9.47 Å². The number of hydrogen-bond acceptors (Lipinski definition) is 4. The van der Waals surface area contributed by atoms with Gasteiger partial charge in [-0.2, -0.15) is 5.26 Å². The van der Waals surface area contributed by atoms with Gasteiger partial charge in [0, 0.05) is 0 Å². The second-order valence-electron chi connectivity index (χ2n) is 5.47. The lowest BCUT2D eigenvalue weighted by molar-refractivity contribution is 0.286. The number of ether oxygens (including phenoxy) is 2. The molecular weight excluding hydrogens is 394 g/mol. The lowest BCUT2D eigenvalue weighted by atomic mass is 10.1. The van der Waals surface area contributed by atoms with Gasteiger partial charge in [0.25, 0.3) is 0 Å². The maximum Gasteiger partial charge on any atom is 0.175 e. The highest BCUT2D eigenvalue weighted by Crippen LogP contribution is 2.37. The van der Waals surface area contributed by atoms with E-state index < -0.39 is 0 Å². The monoisotopic (exact) mass is 411 g/mol. The summed E-state index contributed by atoms with van der Waals surface area (Å²) in [4.78, 5) is 7.68. The number of allylic oxidation sites excluding steroid dienone is 1. The van der Waals surface area contributed by atoms with Crippen LogP contribution in [-0.4, -0.2) is 23.2 Å². The normalized spacial score (nSPS) is 11.4. The highest BCUT2D eigenvalue weighted by Gasteiger charge is 2.13. The highest BCUT2D eigenvalue weighted by atomic mass is 79.9. The fourth-order valence-corrected chi connectivity index (χ4v) is 3.19. The zero-order chi connectivity index (χ0) is 18.5. The molecule has 0 radical (unpaired) electrons. The van der Waals surface area contributed by atoms with Crippen molar-refractivity contribution in [3.8, 4) is 17.6 Å². The summed E-state index contributed by atoms with van der Waals surface area (Å²) in [6.07, 6.45) is 1.78. The van der Waals surface area contributed by atoms with Crippen LogP contribution in [0.4, 0.5) is 0 Å². The van der Waals surface area contributed by atoms with Crippen LogP contribution in [0, 0.1) is 11.3 Å². The number of aromatic amines is 1. The van der Waals surface area contributed by atoms with Gasteiger partial charge < -0.3 is 14.5 Å². The van der Waals surface area contributed by atoms with Crippen molar-refractivity contribution >= 4 is 38.6 Å². The second-order valence-corrected chi connectivity index (χ2v) is 6.32. The van der Waals surface area contributed by atoms with E-state index in [0.717, 1.165) is 21.1 Å². The van der Waals surface area contributed by atoms with Crippen LogP contribution in [0.25, 0.3) is 22.7 Å². The molecule has 1 aromatic heterocycles. The van der Waals surface area contributed by atoms with Crippen LogP contribution in [0.1, 0.15) is 25.2 Å². The van der Waals surface area contributed by atoms with Crippen molar-refractivity contribution in [1.29, 1.82) is 5.26 Å². The summed E-state index contributed by atoms with van der Waals surface area (Å²) in [6, 6.07) is 13.7. The van der Waals surface area contributed by atoms with Crippen LogP contribution in [0.3, 0.4) is 0 Å². The molecule has 0 aliphatic rings. The largest absolute Gasteiger partial charge is 0.490 e. The lowest BCUT2D eigenvalue weighted by Crippen LogP contribution is -1.99. The number of imidazole rings is 1. The lowest BCUT2D eigenvalue weighted by Gasteiger charge is -2.13. The summed E-state index contributed by atoms with van der Waals surface area (Å²) in [6.45, 7) is 4.90. The van der Waals surface area contributed by atoms with E-state index in [0.29, 0.717) is 36.1 Å². The number of fused-ring (bicyclic) bond motifs is 1. The first-order valence-electron chi connectivity index (χ1n) is 8.32. The Morgan fingerprint density at radius 2 is 2.00 bits per heavy atom.